The van der Waals surface area contributed by atoms with Crippen molar-refractivity contribution in [3.05, 3.63) is 30.4 Å². The summed E-state index contributed by atoms with van der Waals surface area (Å²) in [6.07, 6.45) is 6.22. The fourth-order valence-corrected chi connectivity index (χ4v) is 1.11. The monoisotopic (exact) mass is 188 g/mol. The van der Waals surface area contributed by atoms with E-state index < -0.39 is 0 Å². The highest BCUT2D eigenvalue weighted by Crippen LogP contribution is 2.16. The van der Waals surface area contributed by atoms with Crippen LogP contribution in [-0.2, 0) is 0 Å². The Balaban J connectivity index is 2.52. The van der Waals surface area contributed by atoms with Gasteiger partial charge in [0.25, 0.3) is 0 Å². The van der Waals surface area contributed by atoms with E-state index in [0.29, 0.717) is 17.0 Å². The van der Waals surface area contributed by atoms with Crippen LogP contribution < -0.4 is 5.73 Å². The van der Waals surface area contributed by atoms with Crippen LogP contribution in [0.3, 0.4) is 0 Å². The predicted molar refractivity (Wildman–Crippen MR) is 50.6 cm³/mol. The Kier molecular flexibility index (Phi) is 1.94. The topological polar surface area (TPSA) is 104 Å². The Hall–Kier alpha value is -2.24. The number of H-pyrrole nitrogens is 1. The van der Waals surface area contributed by atoms with Crippen molar-refractivity contribution >= 4 is 5.84 Å². The minimum Gasteiger partial charge on any atom is -0.384 e. The van der Waals surface area contributed by atoms with Gasteiger partial charge in [0.05, 0.1) is 23.7 Å². The smallest absolute Gasteiger partial charge is 0.126 e. The maximum Gasteiger partial charge on any atom is 0.126 e. The van der Waals surface area contributed by atoms with Gasteiger partial charge in [0.15, 0.2) is 0 Å². The van der Waals surface area contributed by atoms with Gasteiger partial charge in [0.1, 0.15) is 11.5 Å². The zero-order chi connectivity index (χ0) is 9.97. The van der Waals surface area contributed by atoms with Crippen LogP contribution >= 0.6 is 0 Å². The van der Waals surface area contributed by atoms with Gasteiger partial charge in [-0.05, 0) is 0 Å². The molecule has 6 heteroatoms. The van der Waals surface area contributed by atoms with Crippen LogP contribution in [0.5, 0.6) is 0 Å². The molecule has 0 saturated carbocycles. The second-order valence-electron chi connectivity index (χ2n) is 2.66. The van der Waals surface area contributed by atoms with E-state index >= 15 is 0 Å². The fourth-order valence-electron chi connectivity index (χ4n) is 1.11. The summed E-state index contributed by atoms with van der Waals surface area (Å²) < 4.78 is 0. The molecule has 2 rings (SSSR count). The van der Waals surface area contributed by atoms with Gasteiger partial charge < -0.3 is 5.73 Å². The number of nitrogens with one attached hydrogen (secondary N) is 2. The number of aromatic amines is 1. The summed E-state index contributed by atoms with van der Waals surface area (Å²) in [6, 6.07) is 0. The lowest BCUT2D eigenvalue weighted by molar-refractivity contribution is 1.08. The average molecular weight is 188 g/mol. The molecule has 0 spiro atoms. The maximum absolute atomic E-state index is 7.31. The highest BCUT2D eigenvalue weighted by molar-refractivity contribution is 5.99. The molecule has 0 aromatic carbocycles. The van der Waals surface area contributed by atoms with E-state index in [-0.39, 0.29) is 5.84 Å². The van der Waals surface area contributed by atoms with Crippen molar-refractivity contribution in [2.45, 2.75) is 0 Å². The molecule has 2 heterocycles. The molecule has 0 atom stereocenters. The highest BCUT2D eigenvalue weighted by atomic mass is 15.1. The van der Waals surface area contributed by atoms with E-state index in [1.54, 1.807) is 18.6 Å². The summed E-state index contributed by atoms with van der Waals surface area (Å²) in [4.78, 5) is 8.00. The van der Waals surface area contributed by atoms with E-state index in [2.05, 4.69) is 20.2 Å². The first-order chi connectivity index (χ1) is 6.79. The normalized spacial score (nSPS) is 10.0. The molecule has 2 aromatic rings. The predicted octanol–water partition coefficient (Wildman–Crippen LogP) is 0.151. The summed E-state index contributed by atoms with van der Waals surface area (Å²) >= 11 is 0. The lowest BCUT2D eigenvalue weighted by atomic mass is 10.2. The molecular formula is C8H8N6. The second-order valence-corrected chi connectivity index (χ2v) is 2.66. The van der Waals surface area contributed by atoms with Gasteiger partial charge >= 0.3 is 0 Å². The van der Waals surface area contributed by atoms with Gasteiger partial charge in [-0.2, -0.15) is 5.10 Å². The molecule has 6 nitrogen and oxygen atoms in total. The SMILES string of the molecule is N=C(N)c1cn[nH]c1-c1cnccn1. The van der Waals surface area contributed by atoms with Gasteiger partial charge in [-0.15, -0.1) is 0 Å². The Morgan fingerprint density at radius 2 is 2.21 bits per heavy atom. The molecule has 14 heavy (non-hydrogen) atoms. The minimum absolute atomic E-state index is 0.0422. The van der Waals surface area contributed by atoms with Gasteiger partial charge in [0, 0.05) is 12.4 Å². The summed E-state index contributed by atoms with van der Waals surface area (Å²) in [7, 11) is 0. The number of rotatable bonds is 2. The standard InChI is InChI=1S/C8H8N6/c9-8(10)5-3-13-14-7(5)6-4-11-1-2-12-6/h1-4H,(H3,9,10)(H,13,14). The zero-order valence-electron chi connectivity index (χ0n) is 7.23. The van der Waals surface area contributed by atoms with Crippen LogP contribution in [0.2, 0.25) is 0 Å². The molecule has 0 amide bonds. The van der Waals surface area contributed by atoms with Crippen molar-refractivity contribution in [3.63, 3.8) is 0 Å². The van der Waals surface area contributed by atoms with Crippen LogP contribution in [-0.4, -0.2) is 26.0 Å². The first-order valence-corrected chi connectivity index (χ1v) is 3.93. The Bertz CT molecular complexity index is 446. The summed E-state index contributed by atoms with van der Waals surface area (Å²) in [5.74, 6) is -0.0422. The Morgan fingerprint density at radius 3 is 2.86 bits per heavy atom. The van der Waals surface area contributed by atoms with Crippen LogP contribution in [0, 0.1) is 5.41 Å². The van der Waals surface area contributed by atoms with E-state index in [9.17, 15) is 0 Å². The van der Waals surface area contributed by atoms with Crippen LogP contribution in [0.25, 0.3) is 11.4 Å². The van der Waals surface area contributed by atoms with Gasteiger partial charge in [0.2, 0.25) is 0 Å². The third kappa shape index (κ3) is 1.33. The maximum atomic E-state index is 7.31. The molecule has 4 N–H and O–H groups in total. The lowest BCUT2D eigenvalue weighted by Gasteiger charge is -1.98. The quantitative estimate of drug-likeness (QED) is 0.461. The molecule has 0 unspecified atom stereocenters. The Morgan fingerprint density at radius 1 is 1.36 bits per heavy atom. The third-order valence-electron chi connectivity index (χ3n) is 1.75. The van der Waals surface area contributed by atoms with Crippen molar-refractivity contribution in [1.29, 1.82) is 5.41 Å². The number of nitrogens with two attached hydrogens (primary N) is 1. The van der Waals surface area contributed by atoms with E-state index in [4.69, 9.17) is 11.1 Å². The average Bonchev–Trinajstić information content (AvgIpc) is 2.67. The molecule has 0 radical (unpaired) electrons. The van der Waals surface area contributed by atoms with E-state index in [0.717, 1.165) is 0 Å². The summed E-state index contributed by atoms with van der Waals surface area (Å²) in [6.45, 7) is 0. The number of amidine groups is 1. The van der Waals surface area contributed by atoms with E-state index in [1.807, 2.05) is 0 Å². The number of hydrogen-bond acceptors (Lipinski definition) is 4. The van der Waals surface area contributed by atoms with Gasteiger partial charge in [-0.1, -0.05) is 0 Å². The fraction of sp³-hybridized carbons (Fsp3) is 0. The number of nitrogen functional groups attached to an aromatic ring is 1. The molecule has 70 valence electrons. The largest absolute Gasteiger partial charge is 0.384 e. The molecule has 0 bridgehead atoms. The summed E-state index contributed by atoms with van der Waals surface area (Å²) in [5.41, 5.74) is 7.14. The second kappa shape index (κ2) is 3.25. The van der Waals surface area contributed by atoms with Crippen molar-refractivity contribution in [3.8, 4) is 11.4 Å². The van der Waals surface area contributed by atoms with Gasteiger partial charge in [-0.25, -0.2) is 0 Å². The molecule has 0 aliphatic rings. The van der Waals surface area contributed by atoms with Crippen LogP contribution in [0.4, 0.5) is 0 Å². The van der Waals surface area contributed by atoms with Crippen molar-refractivity contribution in [2.75, 3.05) is 0 Å². The van der Waals surface area contributed by atoms with Crippen molar-refractivity contribution in [1.82, 2.24) is 20.2 Å². The summed E-state index contributed by atoms with van der Waals surface area (Å²) in [5, 5.41) is 13.8. The molecule has 0 saturated heterocycles. The molecule has 0 aliphatic heterocycles. The number of aromatic nitrogens is 4. The van der Waals surface area contributed by atoms with Gasteiger partial charge in [-0.3, -0.25) is 20.5 Å². The molecular weight excluding hydrogens is 180 g/mol. The van der Waals surface area contributed by atoms with Crippen LogP contribution in [0.1, 0.15) is 5.56 Å². The number of nitrogens with zero attached hydrogens (tertiary/aromatic N) is 3. The molecule has 0 fully saturated rings. The van der Waals surface area contributed by atoms with Crippen molar-refractivity contribution in [2.24, 2.45) is 5.73 Å². The molecule has 2 aromatic heterocycles. The lowest BCUT2D eigenvalue weighted by Crippen LogP contribution is -2.11. The van der Waals surface area contributed by atoms with Crippen LogP contribution in [0.15, 0.2) is 24.8 Å². The first kappa shape index (κ1) is 8.36. The van der Waals surface area contributed by atoms with Crippen molar-refractivity contribution < 1.29 is 0 Å². The van der Waals surface area contributed by atoms with E-state index in [1.165, 1.54) is 6.20 Å². The highest BCUT2D eigenvalue weighted by Gasteiger charge is 2.10. The first-order valence-electron chi connectivity index (χ1n) is 3.93. The third-order valence-corrected chi connectivity index (χ3v) is 1.75. The zero-order valence-corrected chi connectivity index (χ0v) is 7.23. The molecule has 0 aliphatic carbocycles. The Labute approximate surface area is 79.7 Å². The number of hydrogen-bond donors (Lipinski definition) is 3. The minimum atomic E-state index is -0.0422.